The van der Waals surface area contributed by atoms with E-state index in [-0.39, 0.29) is 17.5 Å². The maximum atomic E-state index is 11.6. The molecule has 0 aromatic heterocycles. The van der Waals surface area contributed by atoms with Crippen molar-refractivity contribution < 1.29 is 13.2 Å². The van der Waals surface area contributed by atoms with E-state index in [2.05, 4.69) is 5.32 Å². The third-order valence-electron chi connectivity index (χ3n) is 2.20. The molecule has 1 rings (SSSR count). The number of halogens is 1. The van der Waals surface area contributed by atoms with Crippen molar-refractivity contribution in [3.63, 3.8) is 0 Å². The Kier molecular flexibility index (Phi) is 3.45. The molecule has 0 saturated heterocycles. The van der Waals surface area contributed by atoms with E-state index in [4.69, 9.17) is 11.6 Å². The minimum Gasteiger partial charge on any atom is -0.348 e. The molecule has 86 valence electrons. The van der Waals surface area contributed by atoms with Crippen LogP contribution >= 0.6 is 11.6 Å². The monoisotopic (exact) mass is 251 g/mol. The molecule has 0 bridgehead atoms. The van der Waals surface area contributed by atoms with E-state index in [1.54, 1.807) is 13.8 Å². The first-order valence-corrected chi connectivity index (χ1v) is 6.80. The maximum Gasteiger partial charge on any atom is 0.227 e. The SMILES string of the molecule is CC(C)(CCl)C(=O)NC1C=CS(=O)(=O)C1. The average molecular weight is 252 g/mol. The van der Waals surface area contributed by atoms with Gasteiger partial charge in [-0.2, -0.15) is 0 Å². The fraction of sp³-hybridized carbons (Fsp3) is 0.667. The molecule has 0 saturated carbocycles. The summed E-state index contributed by atoms with van der Waals surface area (Å²) in [6.45, 7) is 3.42. The fourth-order valence-electron chi connectivity index (χ4n) is 1.09. The molecular weight excluding hydrogens is 238 g/mol. The minimum absolute atomic E-state index is 0.0584. The quantitative estimate of drug-likeness (QED) is 0.751. The molecule has 1 heterocycles. The van der Waals surface area contributed by atoms with Crippen LogP contribution in [0.4, 0.5) is 0 Å². The zero-order valence-electron chi connectivity index (χ0n) is 8.66. The van der Waals surface area contributed by atoms with Crippen molar-refractivity contribution in [3.05, 3.63) is 11.5 Å². The van der Waals surface area contributed by atoms with E-state index in [9.17, 15) is 13.2 Å². The van der Waals surface area contributed by atoms with E-state index >= 15 is 0 Å². The molecule has 1 N–H and O–H groups in total. The highest BCUT2D eigenvalue weighted by Crippen LogP contribution is 2.18. The van der Waals surface area contributed by atoms with Gasteiger partial charge in [-0.05, 0) is 19.9 Å². The number of hydrogen-bond donors (Lipinski definition) is 1. The third-order valence-corrected chi connectivity index (χ3v) is 4.26. The summed E-state index contributed by atoms with van der Waals surface area (Å²) in [6, 6.07) is -0.426. The van der Waals surface area contributed by atoms with Gasteiger partial charge in [0.25, 0.3) is 0 Å². The summed E-state index contributed by atoms with van der Waals surface area (Å²) in [5.74, 6) is -0.0942. The highest BCUT2D eigenvalue weighted by molar-refractivity contribution is 7.94. The Hall–Kier alpha value is -0.550. The molecule has 0 aromatic carbocycles. The lowest BCUT2D eigenvalue weighted by Gasteiger charge is -2.22. The number of alkyl halides is 1. The van der Waals surface area contributed by atoms with Gasteiger partial charge in [-0.3, -0.25) is 4.79 Å². The first kappa shape index (κ1) is 12.5. The molecule has 0 spiro atoms. The predicted octanol–water partition coefficient (Wildman–Crippen LogP) is 0.678. The molecular formula is C9H14ClNO3S. The molecule has 1 aliphatic rings. The molecule has 4 nitrogen and oxygen atoms in total. The second-order valence-electron chi connectivity index (χ2n) is 4.26. The first-order valence-electron chi connectivity index (χ1n) is 4.55. The zero-order valence-corrected chi connectivity index (χ0v) is 10.2. The van der Waals surface area contributed by atoms with Crippen LogP contribution in [0.2, 0.25) is 0 Å². The van der Waals surface area contributed by atoms with Gasteiger partial charge in [0.05, 0.1) is 17.2 Å². The Morgan fingerprint density at radius 2 is 2.20 bits per heavy atom. The van der Waals surface area contributed by atoms with E-state index < -0.39 is 21.3 Å². The van der Waals surface area contributed by atoms with Crippen molar-refractivity contribution in [3.8, 4) is 0 Å². The molecule has 0 aliphatic carbocycles. The van der Waals surface area contributed by atoms with E-state index in [1.807, 2.05) is 0 Å². The Morgan fingerprint density at radius 1 is 1.60 bits per heavy atom. The van der Waals surface area contributed by atoms with E-state index in [0.29, 0.717) is 0 Å². The van der Waals surface area contributed by atoms with Gasteiger partial charge < -0.3 is 5.32 Å². The Morgan fingerprint density at radius 3 is 2.60 bits per heavy atom. The largest absolute Gasteiger partial charge is 0.348 e. The summed E-state index contributed by atoms with van der Waals surface area (Å²) in [5, 5.41) is 3.77. The second kappa shape index (κ2) is 4.14. The Balaban J connectivity index is 2.59. The molecule has 15 heavy (non-hydrogen) atoms. The summed E-state index contributed by atoms with van der Waals surface area (Å²) in [6.07, 6.45) is 1.48. The molecule has 6 heteroatoms. The number of rotatable bonds is 3. The zero-order chi connectivity index (χ0) is 11.7. The van der Waals surface area contributed by atoms with Gasteiger partial charge >= 0.3 is 0 Å². The minimum atomic E-state index is -3.12. The first-order chi connectivity index (χ1) is 6.77. The molecule has 1 amide bonds. The summed E-state index contributed by atoms with van der Waals surface area (Å²) >= 11 is 5.63. The molecule has 1 unspecified atom stereocenters. The van der Waals surface area contributed by atoms with Gasteiger partial charge in [0, 0.05) is 11.3 Å². The lowest BCUT2D eigenvalue weighted by Crippen LogP contribution is -2.44. The van der Waals surface area contributed by atoms with Crippen LogP contribution in [-0.4, -0.2) is 32.0 Å². The van der Waals surface area contributed by atoms with Crippen LogP contribution in [0.1, 0.15) is 13.8 Å². The van der Waals surface area contributed by atoms with Crippen molar-refractivity contribution in [1.29, 1.82) is 0 Å². The Bertz CT molecular complexity index is 386. The molecule has 0 fully saturated rings. The van der Waals surface area contributed by atoms with E-state index in [0.717, 1.165) is 5.41 Å². The lowest BCUT2D eigenvalue weighted by molar-refractivity contribution is -0.128. The van der Waals surface area contributed by atoms with Crippen LogP contribution in [-0.2, 0) is 14.6 Å². The van der Waals surface area contributed by atoms with Gasteiger partial charge in [0.2, 0.25) is 5.91 Å². The summed E-state index contributed by atoms with van der Waals surface area (Å²) in [5.41, 5.74) is -0.679. The number of nitrogens with one attached hydrogen (secondary N) is 1. The van der Waals surface area contributed by atoms with Gasteiger partial charge in [-0.1, -0.05) is 0 Å². The van der Waals surface area contributed by atoms with Gasteiger partial charge in [0.15, 0.2) is 9.84 Å². The molecule has 0 aromatic rings. The topological polar surface area (TPSA) is 63.2 Å². The predicted molar refractivity (Wildman–Crippen MR) is 59.4 cm³/mol. The van der Waals surface area contributed by atoms with Crippen LogP contribution in [0.3, 0.4) is 0 Å². The number of hydrogen-bond acceptors (Lipinski definition) is 3. The number of sulfone groups is 1. The van der Waals surface area contributed by atoms with Crippen LogP contribution < -0.4 is 5.32 Å². The smallest absolute Gasteiger partial charge is 0.227 e. The standard InChI is InChI=1S/C9H14ClNO3S/c1-9(2,6-10)8(12)11-7-3-4-15(13,14)5-7/h3-4,7H,5-6H2,1-2H3,(H,11,12). The van der Waals surface area contributed by atoms with Gasteiger partial charge in [0.1, 0.15) is 0 Å². The molecule has 1 atom stereocenters. The van der Waals surface area contributed by atoms with Crippen molar-refractivity contribution in [2.24, 2.45) is 5.41 Å². The van der Waals surface area contributed by atoms with Gasteiger partial charge in [-0.15, -0.1) is 11.6 Å². The van der Waals surface area contributed by atoms with Crippen molar-refractivity contribution >= 4 is 27.3 Å². The molecule has 0 radical (unpaired) electrons. The maximum absolute atomic E-state index is 11.6. The fourth-order valence-corrected chi connectivity index (χ4v) is 2.45. The van der Waals surface area contributed by atoms with Crippen LogP contribution in [0.5, 0.6) is 0 Å². The van der Waals surface area contributed by atoms with Crippen molar-refractivity contribution in [2.75, 3.05) is 11.6 Å². The Labute approximate surface area is 94.6 Å². The van der Waals surface area contributed by atoms with Gasteiger partial charge in [-0.25, -0.2) is 8.42 Å². The second-order valence-corrected chi connectivity index (χ2v) is 6.45. The molecule has 1 aliphatic heterocycles. The number of carbonyl (C=O) groups excluding carboxylic acids is 1. The van der Waals surface area contributed by atoms with Crippen LogP contribution in [0.15, 0.2) is 11.5 Å². The summed E-state index contributed by atoms with van der Waals surface area (Å²) < 4.78 is 22.2. The third kappa shape index (κ3) is 3.21. The van der Waals surface area contributed by atoms with Crippen molar-refractivity contribution in [1.82, 2.24) is 5.32 Å². The summed E-state index contributed by atoms with van der Waals surface area (Å²) in [7, 11) is -3.12. The number of amides is 1. The highest BCUT2D eigenvalue weighted by Gasteiger charge is 2.30. The normalized spacial score (nSPS) is 24.1. The average Bonchev–Trinajstić information content (AvgIpc) is 2.45. The lowest BCUT2D eigenvalue weighted by atomic mass is 9.95. The summed E-state index contributed by atoms with van der Waals surface area (Å²) in [4.78, 5) is 11.6. The highest BCUT2D eigenvalue weighted by atomic mass is 35.5. The van der Waals surface area contributed by atoms with E-state index in [1.165, 1.54) is 6.08 Å². The van der Waals surface area contributed by atoms with Crippen LogP contribution in [0, 0.1) is 5.41 Å². The van der Waals surface area contributed by atoms with Crippen LogP contribution in [0.25, 0.3) is 0 Å². The number of carbonyl (C=O) groups is 1. The van der Waals surface area contributed by atoms with Crippen molar-refractivity contribution in [2.45, 2.75) is 19.9 Å².